The summed E-state index contributed by atoms with van der Waals surface area (Å²) in [5.74, 6) is 0.951. The molecule has 0 unspecified atom stereocenters. The molecule has 0 bridgehead atoms. The monoisotopic (exact) mass is 424 g/mol. The molecule has 7 nitrogen and oxygen atoms in total. The van der Waals surface area contributed by atoms with Gasteiger partial charge in [0.15, 0.2) is 0 Å². The van der Waals surface area contributed by atoms with Gasteiger partial charge in [0.05, 0.1) is 24.7 Å². The maximum absolute atomic E-state index is 5.80. The summed E-state index contributed by atoms with van der Waals surface area (Å²) in [6.07, 6.45) is 0. The van der Waals surface area contributed by atoms with Crippen LogP contribution in [0.1, 0.15) is 18.1 Å². The molecule has 0 N–H and O–H groups in total. The van der Waals surface area contributed by atoms with Crippen LogP contribution in [0.15, 0.2) is 42.5 Å². The lowest BCUT2D eigenvalue weighted by Gasteiger charge is -2.36. The molecule has 0 aliphatic carbocycles. The van der Waals surface area contributed by atoms with E-state index in [4.69, 9.17) is 17.0 Å². The van der Waals surface area contributed by atoms with Crippen LogP contribution < -0.4 is 9.64 Å². The second-order valence-electron chi connectivity index (χ2n) is 7.67. The van der Waals surface area contributed by atoms with Gasteiger partial charge in [-0.15, -0.1) is 0 Å². The predicted octanol–water partition coefficient (Wildman–Crippen LogP) is 3.59. The zero-order chi connectivity index (χ0) is 21.1. The quantitative estimate of drug-likeness (QED) is 0.564. The lowest BCUT2D eigenvalue weighted by atomic mass is 10.1. The molecule has 0 spiro atoms. The van der Waals surface area contributed by atoms with Crippen molar-refractivity contribution in [2.45, 2.75) is 27.4 Å². The van der Waals surface area contributed by atoms with Crippen molar-refractivity contribution < 1.29 is 4.74 Å². The second-order valence-corrected chi connectivity index (χ2v) is 8.03. The van der Waals surface area contributed by atoms with E-state index < -0.39 is 0 Å². The van der Waals surface area contributed by atoms with Crippen LogP contribution in [0.3, 0.4) is 0 Å². The first kappa shape index (κ1) is 20.6. The molecular weight excluding hydrogens is 396 g/mol. The van der Waals surface area contributed by atoms with Gasteiger partial charge in [-0.3, -0.25) is 4.90 Å². The average Bonchev–Trinajstić information content (AvgIpc) is 3.09. The van der Waals surface area contributed by atoms with E-state index in [1.54, 1.807) is 9.36 Å². The zero-order valence-corrected chi connectivity index (χ0v) is 18.6. The Labute approximate surface area is 182 Å². The molecule has 0 radical (unpaired) electrons. The lowest BCUT2D eigenvalue weighted by molar-refractivity contribution is 0.192. The molecule has 2 heterocycles. The maximum atomic E-state index is 5.80. The van der Waals surface area contributed by atoms with Crippen LogP contribution >= 0.6 is 12.2 Å². The number of hydrogen-bond acceptors (Lipinski definition) is 6. The van der Waals surface area contributed by atoms with E-state index in [0.29, 0.717) is 18.0 Å². The number of para-hydroxylation sites is 2. The molecule has 0 saturated carbocycles. The highest BCUT2D eigenvalue weighted by Gasteiger charge is 2.20. The van der Waals surface area contributed by atoms with Crippen molar-refractivity contribution in [3.63, 3.8) is 0 Å². The first-order chi connectivity index (χ1) is 14.5. The highest BCUT2D eigenvalue weighted by atomic mass is 32.1. The Hall–Kier alpha value is -2.71. The maximum Gasteiger partial charge on any atom is 0.221 e. The molecule has 1 aliphatic heterocycles. The van der Waals surface area contributed by atoms with Crippen molar-refractivity contribution in [3.05, 3.63) is 58.4 Å². The number of anilines is 1. The van der Waals surface area contributed by atoms with E-state index in [9.17, 15) is 0 Å². The summed E-state index contributed by atoms with van der Waals surface area (Å²) < 4.78 is 9.95. The van der Waals surface area contributed by atoms with Gasteiger partial charge in [0.2, 0.25) is 4.77 Å². The van der Waals surface area contributed by atoms with Crippen LogP contribution in [0.25, 0.3) is 5.69 Å². The van der Waals surface area contributed by atoms with E-state index in [1.165, 1.54) is 11.1 Å². The second kappa shape index (κ2) is 8.97. The SMILES string of the molecule is CCOc1ccccc1N1CCN(Cn2nnn(-c3cc(C)cc(C)c3)c2=S)CC1. The van der Waals surface area contributed by atoms with Crippen LogP contribution in [0.5, 0.6) is 5.75 Å². The molecule has 2 aromatic carbocycles. The Morgan fingerprint density at radius 1 is 0.967 bits per heavy atom. The fourth-order valence-electron chi connectivity index (χ4n) is 3.91. The van der Waals surface area contributed by atoms with Crippen molar-refractivity contribution in [3.8, 4) is 11.4 Å². The summed E-state index contributed by atoms with van der Waals surface area (Å²) >= 11 is 5.66. The van der Waals surface area contributed by atoms with Gasteiger partial charge < -0.3 is 9.64 Å². The molecule has 158 valence electrons. The first-order valence-corrected chi connectivity index (χ1v) is 10.8. The number of aryl methyl sites for hydroxylation is 2. The number of benzene rings is 2. The van der Waals surface area contributed by atoms with Gasteiger partial charge in [0.25, 0.3) is 0 Å². The third-order valence-electron chi connectivity index (χ3n) is 5.30. The minimum absolute atomic E-state index is 0.615. The van der Waals surface area contributed by atoms with Gasteiger partial charge in [-0.05, 0) is 78.8 Å². The van der Waals surface area contributed by atoms with Crippen LogP contribution in [0, 0.1) is 18.6 Å². The third-order valence-corrected chi connectivity index (χ3v) is 5.69. The molecule has 0 atom stereocenters. The fourth-order valence-corrected chi connectivity index (χ4v) is 4.15. The Bertz CT molecular complexity index is 1050. The first-order valence-electron chi connectivity index (χ1n) is 10.4. The molecule has 1 saturated heterocycles. The standard InChI is InChI=1S/C22H28N6OS/c1-4-29-21-8-6-5-7-20(21)26-11-9-25(10-12-26)16-27-22(30)28(24-23-27)19-14-17(2)13-18(3)15-19/h5-8,13-15H,4,9-12,16H2,1-3H3. The van der Waals surface area contributed by atoms with E-state index in [-0.39, 0.29) is 0 Å². The summed E-state index contributed by atoms with van der Waals surface area (Å²) in [6, 6.07) is 14.6. The Balaban J connectivity index is 1.43. The molecule has 1 aromatic heterocycles. The van der Waals surface area contributed by atoms with Gasteiger partial charge in [-0.1, -0.05) is 18.2 Å². The van der Waals surface area contributed by atoms with E-state index in [1.807, 2.05) is 19.1 Å². The van der Waals surface area contributed by atoms with Crippen molar-refractivity contribution >= 4 is 17.9 Å². The number of rotatable bonds is 6. The smallest absolute Gasteiger partial charge is 0.221 e. The molecule has 8 heteroatoms. The van der Waals surface area contributed by atoms with Crippen molar-refractivity contribution in [1.82, 2.24) is 24.7 Å². The van der Waals surface area contributed by atoms with Gasteiger partial charge in [0.1, 0.15) is 5.75 Å². The van der Waals surface area contributed by atoms with Crippen molar-refractivity contribution in [2.24, 2.45) is 0 Å². The van der Waals surface area contributed by atoms with Gasteiger partial charge in [-0.2, -0.15) is 4.68 Å². The highest BCUT2D eigenvalue weighted by Crippen LogP contribution is 2.28. The third kappa shape index (κ3) is 4.39. The number of aromatic nitrogens is 4. The molecule has 4 rings (SSSR count). The minimum atomic E-state index is 0.615. The van der Waals surface area contributed by atoms with Crippen LogP contribution in [0.2, 0.25) is 0 Å². The summed E-state index contributed by atoms with van der Waals surface area (Å²) in [4.78, 5) is 4.74. The number of nitrogens with zero attached hydrogens (tertiary/aromatic N) is 6. The van der Waals surface area contributed by atoms with Gasteiger partial charge in [-0.25, -0.2) is 4.68 Å². The number of ether oxygens (including phenoxy) is 1. The molecule has 1 fully saturated rings. The average molecular weight is 425 g/mol. The van der Waals surface area contributed by atoms with Crippen LogP contribution in [0.4, 0.5) is 5.69 Å². The number of tetrazole rings is 1. The Morgan fingerprint density at radius 3 is 2.37 bits per heavy atom. The molecule has 30 heavy (non-hydrogen) atoms. The Kier molecular flexibility index (Phi) is 6.15. The topological polar surface area (TPSA) is 51.4 Å². The summed E-state index contributed by atoms with van der Waals surface area (Å²) in [7, 11) is 0. The minimum Gasteiger partial charge on any atom is -0.492 e. The van der Waals surface area contributed by atoms with Crippen LogP contribution in [-0.2, 0) is 6.67 Å². The molecule has 0 amide bonds. The zero-order valence-electron chi connectivity index (χ0n) is 17.8. The van der Waals surface area contributed by atoms with Crippen molar-refractivity contribution in [1.29, 1.82) is 0 Å². The summed E-state index contributed by atoms with van der Waals surface area (Å²) in [6.45, 7) is 11.2. The largest absolute Gasteiger partial charge is 0.492 e. The number of hydrogen-bond donors (Lipinski definition) is 0. The van der Waals surface area contributed by atoms with Gasteiger partial charge >= 0.3 is 0 Å². The lowest BCUT2D eigenvalue weighted by Crippen LogP contribution is -2.47. The Morgan fingerprint density at radius 2 is 1.67 bits per heavy atom. The summed E-state index contributed by atoms with van der Waals surface area (Å²) in [5, 5.41) is 8.61. The molecular formula is C22H28N6OS. The van der Waals surface area contributed by atoms with E-state index in [2.05, 4.69) is 64.4 Å². The van der Waals surface area contributed by atoms with E-state index in [0.717, 1.165) is 43.3 Å². The highest BCUT2D eigenvalue weighted by molar-refractivity contribution is 7.71. The fraction of sp³-hybridized carbons (Fsp3) is 0.409. The summed E-state index contributed by atoms with van der Waals surface area (Å²) in [5.41, 5.74) is 4.49. The predicted molar refractivity (Wildman–Crippen MR) is 121 cm³/mol. The molecule has 1 aliphatic rings. The normalized spacial score (nSPS) is 14.8. The number of piperazine rings is 1. The van der Waals surface area contributed by atoms with Crippen molar-refractivity contribution in [2.75, 3.05) is 37.7 Å². The van der Waals surface area contributed by atoms with Gasteiger partial charge in [0, 0.05) is 26.2 Å². The molecule has 3 aromatic rings. The van der Waals surface area contributed by atoms with Crippen LogP contribution in [-0.4, -0.2) is 57.5 Å². The van der Waals surface area contributed by atoms with E-state index >= 15 is 0 Å².